The van der Waals surface area contributed by atoms with E-state index in [2.05, 4.69) is 20.0 Å². The average Bonchev–Trinajstić information content (AvgIpc) is 2.41. The van der Waals surface area contributed by atoms with Crippen molar-refractivity contribution < 1.29 is 0 Å². The van der Waals surface area contributed by atoms with Crippen molar-refractivity contribution in [1.82, 2.24) is 15.1 Å². The molecule has 20 heavy (non-hydrogen) atoms. The van der Waals surface area contributed by atoms with E-state index in [1.165, 1.54) is 0 Å². The molecule has 5 nitrogen and oxygen atoms in total. The van der Waals surface area contributed by atoms with Gasteiger partial charge in [-0.05, 0) is 13.8 Å². The summed E-state index contributed by atoms with van der Waals surface area (Å²) in [6.45, 7) is 7.41. The lowest BCUT2D eigenvalue weighted by atomic mass is 10.0. The van der Waals surface area contributed by atoms with Crippen LogP contribution in [0.5, 0.6) is 0 Å². The molecule has 0 atom stereocenters. The van der Waals surface area contributed by atoms with Crippen LogP contribution < -0.4 is 10.6 Å². The second-order valence-corrected chi connectivity index (χ2v) is 6.43. The Bertz CT molecular complexity index is 515. The van der Waals surface area contributed by atoms with Crippen molar-refractivity contribution in [1.29, 1.82) is 0 Å². The van der Waals surface area contributed by atoms with Gasteiger partial charge in [0.2, 0.25) is 0 Å². The highest BCUT2D eigenvalue weighted by Gasteiger charge is 2.32. The minimum Gasteiger partial charge on any atom is -0.392 e. The third kappa shape index (κ3) is 3.14. The largest absolute Gasteiger partial charge is 0.392 e. The molecule has 0 aliphatic carbocycles. The van der Waals surface area contributed by atoms with Crippen LogP contribution in [0.2, 0.25) is 10.3 Å². The Labute approximate surface area is 134 Å². The summed E-state index contributed by atoms with van der Waals surface area (Å²) in [4.78, 5) is 4.93. The van der Waals surface area contributed by atoms with Crippen molar-refractivity contribution in [3.8, 4) is 0 Å². The molecule has 0 saturated carbocycles. The third-order valence-corrected chi connectivity index (χ3v) is 4.67. The SMILES string of the molecule is CC(C)(C(N)=S)N1CCN(c2cc(Cl)nnc2Cl)CC1. The Morgan fingerprint density at radius 2 is 1.85 bits per heavy atom. The van der Waals surface area contributed by atoms with Crippen LogP contribution in [-0.4, -0.2) is 51.8 Å². The summed E-state index contributed by atoms with van der Waals surface area (Å²) in [7, 11) is 0. The van der Waals surface area contributed by atoms with Gasteiger partial charge in [-0.15, -0.1) is 10.2 Å². The van der Waals surface area contributed by atoms with E-state index in [1.54, 1.807) is 6.07 Å². The molecule has 1 saturated heterocycles. The molecule has 0 bridgehead atoms. The lowest BCUT2D eigenvalue weighted by Gasteiger charge is -2.44. The highest BCUT2D eigenvalue weighted by atomic mass is 35.5. The third-order valence-electron chi connectivity index (χ3n) is 3.71. The zero-order valence-electron chi connectivity index (χ0n) is 11.4. The van der Waals surface area contributed by atoms with Crippen LogP contribution in [0, 0.1) is 0 Å². The maximum Gasteiger partial charge on any atom is 0.175 e. The number of nitrogens with two attached hydrogens (primary N) is 1. The molecule has 0 amide bonds. The molecule has 2 N–H and O–H groups in total. The van der Waals surface area contributed by atoms with Crippen LogP contribution in [0.25, 0.3) is 0 Å². The van der Waals surface area contributed by atoms with Gasteiger partial charge in [0.25, 0.3) is 0 Å². The van der Waals surface area contributed by atoms with Gasteiger partial charge < -0.3 is 10.6 Å². The van der Waals surface area contributed by atoms with Crippen molar-refractivity contribution in [3.05, 3.63) is 16.4 Å². The Morgan fingerprint density at radius 3 is 2.40 bits per heavy atom. The molecule has 1 aromatic rings. The van der Waals surface area contributed by atoms with Gasteiger partial charge in [-0.1, -0.05) is 35.4 Å². The van der Waals surface area contributed by atoms with E-state index in [-0.39, 0.29) is 5.54 Å². The highest BCUT2D eigenvalue weighted by molar-refractivity contribution is 7.80. The van der Waals surface area contributed by atoms with Crippen LogP contribution >= 0.6 is 35.4 Å². The van der Waals surface area contributed by atoms with Gasteiger partial charge in [0.1, 0.15) is 0 Å². The summed E-state index contributed by atoms with van der Waals surface area (Å²) in [6.07, 6.45) is 0. The fourth-order valence-electron chi connectivity index (χ4n) is 2.23. The first-order chi connectivity index (χ1) is 9.32. The van der Waals surface area contributed by atoms with Crippen LogP contribution in [0.1, 0.15) is 13.8 Å². The van der Waals surface area contributed by atoms with Gasteiger partial charge in [0, 0.05) is 32.2 Å². The molecule has 1 fully saturated rings. The van der Waals surface area contributed by atoms with E-state index in [9.17, 15) is 0 Å². The van der Waals surface area contributed by atoms with E-state index in [4.69, 9.17) is 41.2 Å². The minimum absolute atomic E-state index is 0.278. The quantitative estimate of drug-likeness (QED) is 0.853. The normalized spacial score (nSPS) is 17.3. The van der Waals surface area contributed by atoms with Crippen LogP contribution in [-0.2, 0) is 0 Å². The molecular weight excluding hydrogens is 317 g/mol. The first-order valence-corrected chi connectivity index (χ1v) is 7.47. The molecule has 8 heteroatoms. The van der Waals surface area contributed by atoms with Crippen molar-refractivity contribution in [2.75, 3.05) is 31.1 Å². The van der Waals surface area contributed by atoms with E-state index in [0.29, 0.717) is 15.3 Å². The number of rotatable bonds is 3. The fourth-order valence-corrected chi connectivity index (χ4v) is 2.71. The summed E-state index contributed by atoms with van der Waals surface area (Å²) >= 11 is 17.1. The van der Waals surface area contributed by atoms with Crippen LogP contribution in [0.4, 0.5) is 5.69 Å². The number of aromatic nitrogens is 2. The second kappa shape index (κ2) is 5.97. The van der Waals surface area contributed by atoms with Crippen molar-refractivity contribution in [3.63, 3.8) is 0 Å². The van der Waals surface area contributed by atoms with E-state index in [1.807, 2.05) is 13.8 Å². The maximum atomic E-state index is 6.08. The number of hydrogen-bond donors (Lipinski definition) is 1. The molecule has 0 spiro atoms. The van der Waals surface area contributed by atoms with E-state index >= 15 is 0 Å². The molecule has 0 unspecified atom stereocenters. The standard InChI is InChI=1S/C12H17Cl2N5S/c1-12(2,11(15)20)19-5-3-18(4-6-19)8-7-9(13)16-17-10(8)14/h7H,3-6H2,1-2H3,(H2,15,20). The van der Waals surface area contributed by atoms with Gasteiger partial charge in [-0.25, -0.2) is 0 Å². The van der Waals surface area contributed by atoms with Gasteiger partial charge in [-0.3, -0.25) is 4.90 Å². The molecule has 2 heterocycles. The van der Waals surface area contributed by atoms with Crippen molar-refractivity contribution >= 4 is 46.1 Å². The summed E-state index contributed by atoms with van der Waals surface area (Å²) in [5, 5.41) is 8.28. The summed E-state index contributed by atoms with van der Waals surface area (Å²) < 4.78 is 0. The number of thiocarbonyl (C=S) groups is 1. The summed E-state index contributed by atoms with van der Waals surface area (Å²) in [6, 6.07) is 1.74. The average molecular weight is 334 g/mol. The number of piperazine rings is 1. The Balaban J connectivity index is 2.08. The van der Waals surface area contributed by atoms with Gasteiger partial charge >= 0.3 is 0 Å². The zero-order valence-corrected chi connectivity index (χ0v) is 13.8. The Morgan fingerprint density at radius 1 is 1.25 bits per heavy atom. The smallest absolute Gasteiger partial charge is 0.175 e. The second-order valence-electron chi connectivity index (χ2n) is 5.24. The van der Waals surface area contributed by atoms with Crippen LogP contribution in [0.15, 0.2) is 6.07 Å². The lowest BCUT2D eigenvalue weighted by molar-refractivity contribution is 0.168. The predicted octanol–water partition coefficient (Wildman–Crippen LogP) is 1.97. The fraction of sp³-hybridized carbons (Fsp3) is 0.583. The molecule has 1 aliphatic rings. The maximum absolute atomic E-state index is 6.08. The first-order valence-electron chi connectivity index (χ1n) is 6.31. The van der Waals surface area contributed by atoms with Gasteiger partial charge in [0.05, 0.1) is 16.2 Å². The van der Waals surface area contributed by atoms with Crippen molar-refractivity contribution in [2.24, 2.45) is 5.73 Å². The number of nitrogens with zero attached hydrogens (tertiary/aromatic N) is 4. The molecule has 1 aromatic heterocycles. The molecule has 2 rings (SSSR count). The van der Waals surface area contributed by atoms with E-state index in [0.717, 1.165) is 31.9 Å². The Hall–Kier alpha value is -0.690. The van der Waals surface area contributed by atoms with Crippen molar-refractivity contribution in [2.45, 2.75) is 19.4 Å². The summed E-state index contributed by atoms with van der Waals surface area (Å²) in [5.74, 6) is 0. The Kier molecular flexibility index (Phi) is 4.69. The summed E-state index contributed by atoms with van der Waals surface area (Å²) in [5.41, 5.74) is 6.35. The van der Waals surface area contributed by atoms with Gasteiger partial charge in [0.15, 0.2) is 10.3 Å². The molecular formula is C12H17Cl2N5S. The number of halogens is 2. The van der Waals surface area contributed by atoms with Gasteiger partial charge in [-0.2, -0.15) is 0 Å². The highest BCUT2D eigenvalue weighted by Crippen LogP contribution is 2.27. The van der Waals surface area contributed by atoms with Crippen LogP contribution in [0.3, 0.4) is 0 Å². The lowest BCUT2D eigenvalue weighted by Crippen LogP contribution is -2.59. The number of hydrogen-bond acceptors (Lipinski definition) is 5. The zero-order chi connectivity index (χ0) is 14.9. The molecule has 0 radical (unpaired) electrons. The topological polar surface area (TPSA) is 58.3 Å². The minimum atomic E-state index is -0.278. The van der Waals surface area contributed by atoms with E-state index < -0.39 is 0 Å². The monoisotopic (exact) mass is 333 g/mol. The number of anilines is 1. The first kappa shape index (κ1) is 15.7. The molecule has 0 aromatic carbocycles. The molecule has 1 aliphatic heterocycles. The predicted molar refractivity (Wildman–Crippen MR) is 86.7 cm³/mol. The molecule has 110 valence electrons.